The van der Waals surface area contributed by atoms with Gasteiger partial charge in [0.15, 0.2) is 11.1 Å². The van der Waals surface area contributed by atoms with Crippen molar-refractivity contribution in [2.24, 2.45) is 0 Å². The fourth-order valence-corrected chi connectivity index (χ4v) is 3.03. The Kier molecular flexibility index (Phi) is 5.42. The summed E-state index contributed by atoms with van der Waals surface area (Å²) in [5.41, 5.74) is -0.549. The maximum absolute atomic E-state index is 13.2. The number of alkyl halides is 3. The molecular formula is C16H16F3N3O3S. The Morgan fingerprint density at radius 2 is 1.85 bits per heavy atom. The molecule has 0 spiro atoms. The number of halogens is 3. The number of anilines is 2. The van der Waals surface area contributed by atoms with Crippen molar-refractivity contribution in [2.75, 3.05) is 5.32 Å². The average molecular weight is 387 g/mol. The average Bonchev–Trinajstić information content (AvgIpc) is 3.07. The van der Waals surface area contributed by atoms with E-state index < -0.39 is 28.7 Å². The lowest BCUT2D eigenvalue weighted by molar-refractivity contribution is -0.139. The SMILES string of the molecule is O=S(O)c1ccc(Nc2ncc(C(F)(F)F)c(OC3CCCC3)n2)cc1. The predicted molar refractivity (Wildman–Crippen MR) is 88.7 cm³/mol. The van der Waals surface area contributed by atoms with Gasteiger partial charge >= 0.3 is 6.18 Å². The lowest BCUT2D eigenvalue weighted by Gasteiger charge is -2.17. The van der Waals surface area contributed by atoms with Gasteiger partial charge in [-0.15, -0.1) is 0 Å². The molecule has 3 rings (SSSR count). The second kappa shape index (κ2) is 7.58. The minimum atomic E-state index is -4.61. The van der Waals surface area contributed by atoms with Gasteiger partial charge in [0.1, 0.15) is 11.7 Å². The third kappa shape index (κ3) is 4.50. The van der Waals surface area contributed by atoms with Gasteiger partial charge in [0, 0.05) is 11.9 Å². The molecule has 2 N–H and O–H groups in total. The third-order valence-corrected chi connectivity index (χ3v) is 4.63. The molecule has 10 heteroatoms. The second-order valence-corrected chi connectivity index (χ2v) is 6.80. The van der Waals surface area contributed by atoms with Gasteiger partial charge in [0.25, 0.3) is 0 Å². The molecule has 0 aliphatic heterocycles. The maximum atomic E-state index is 13.2. The summed E-state index contributed by atoms with van der Waals surface area (Å²) in [4.78, 5) is 7.79. The Bertz CT molecular complexity index is 794. The van der Waals surface area contributed by atoms with Crippen molar-refractivity contribution in [3.63, 3.8) is 0 Å². The quantitative estimate of drug-likeness (QED) is 0.750. The van der Waals surface area contributed by atoms with Gasteiger partial charge < -0.3 is 14.6 Å². The molecule has 2 aromatic rings. The first-order valence-corrected chi connectivity index (χ1v) is 9.02. The van der Waals surface area contributed by atoms with E-state index in [1.54, 1.807) is 0 Å². The van der Waals surface area contributed by atoms with Gasteiger partial charge in [-0.3, -0.25) is 0 Å². The second-order valence-electron chi connectivity index (χ2n) is 5.83. The standard InChI is InChI=1S/C16H16F3N3O3S/c17-16(18,19)13-9-20-15(22-14(13)25-11-3-1-2-4-11)21-10-5-7-12(8-6-10)26(23)24/h5-9,11H,1-4H2,(H,23,24)(H,20,21,22). The Balaban J connectivity index is 1.84. The molecule has 1 fully saturated rings. The van der Waals surface area contributed by atoms with Gasteiger partial charge in [-0.2, -0.15) is 18.2 Å². The molecule has 1 heterocycles. The molecule has 1 aliphatic carbocycles. The topological polar surface area (TPSA) is 84.3 Å². The summed E-state index contributed by atoms with van der Waals surface area (Å²) in [6.45, 7) is 0. The van der Waals surface area contributed by atoms with Crippen molar-refractivity contribution in [1.29, 1.82) is 0 Å². The van der Waals surface area contributed by atoms with Crippen LogP contribution in [0.4, 0.5) is 24.8 Å². The van der Waals surface area contributed by atoms with Crippen molar-refractivity contribution in [3.8, 4) is 5.88 Å². The molecule has 0 radical (unpaired) electrons. The van der Waals surface area contributed by atoms with Crippen LogP contribution in [0.3, 0.4) is 0 Å². The zero-order chi connectivity index (χ0) is 18.7. The summed E-state index contributed by atoms with van der Waals surface area (Å²) < 4.78 is 64.9. The highest BCUT2D eigenvalue weighted by atomic mass is 32.2. The first-order chi connectivity index (χ1) is 12.3. The van der Waals surface area contributed by atoms with E-state index in [0.29, 0.717) is 24.7 Å². The van der Waals surface area contributed by atoms with Crippen LogP contribution in [-0.4, -0.2) is 24.8 Å². The molecule has 0 saturated heterocycles. The molecule has 0 bridgehead atoms. The number of ether oxygens (including phenoxy) is 1. The zero-order valence-corrected chi connectivity index (χ0v) is 14.3. The molecule has 1 aromatic carbocycles. The number of hydrogen-bond donors (Lipinski definition) is 2. The summed E-state index contributed by atoms with van der Waals surface area (Å²) >= 11 is -2.11. The molecule has 1 saturated carbocycles. The van der Waals surface area contributed by atoms with E-state index in [1.807, 2.05) is 0 Å². The lowest BCUT2D eigenvalue weighted by atomic mass is 10.3. The van der Waals surface area contributed by atoms with Crippen LogP contribution >= 0.6 is 0 Å². The van der Waals surface area contributed by atoms with Crippen molar-refractivity contribution >= 4 is 22.7 Å². The molecule has 6 nitrogen and oxygen atoms in total. The Labute approximate surface area is 150 Å². The number of nitrogens with zero attached hydrogens (tertiary/aromatic N) is 2. The van der Waals surface area contributed by atoms with Crippen LogP contribution in [0.25, 0.3) is 0 Å². The van der Waals surface area contributed by atoms with E-state index in [2.05, 4.69) is 15.3 Å². The molecule has 1 aliphatic rings. The van der Waals surface area contributed by atoms with Gasteiger partial charge in [-0.05, 0) is 49.9 Å². The van der Waals surface area contributed by atoms with Crippen molar-refractivity contribution < 1.29 is 26.7 Å². The maximum Gasteiger partial charge on any atom is 0.423 e. The normalized spacial score (nSPS) is 16.5. The van der Waals surface area contributed by atoms with E-state index in [9.17, 15) is 17.4 Å². The van der Waals surface area contributed by atoms with Crippen molar-refractivity contribution in [2.45, 2.75) is 42.9 Å². The van der Waals surface area contributed by atoms with E-state index >= 15 is 0 Å². The summed E-state index contributed by atoms with van der Waals surface area (Å²) in [7, 11) is 0. The smallest absolute Gasteiger partial charge is 0.423 e. The highest BCUT2D eigenvalue weighted by Crippen LogP contribution is 2.37. The molecule has 140 valence electrons. The number of nitrogens with one attached hydrogen (secondary N) is 1. The van der Waals surface area contributed by atoms with Crippen LogP contribution in [0.15, 0.2) is 35.4 Å². The fraction of sp³-hybridized carbons (Fsp3) is 0.375. The molecule has 1 atom stereocenters. The summed E-state index contributed by atoms with van der Waals surface area (Å²) in [6.07, 6.45) is -0.969. The van der Waals surface area contributed by atoms with E-state index in [0.717, 1.165) is 12.8 Å². The molecule has 1 unspecified atom stereocenters. The van der Waals surface area contributed by atoms with Crippen molar-refractivity contribution in [1.82, 2.24) is 9.97 Å². The van der Waals surface area contributed by atoms with E-state index in [-0.39, 0.29) is 16.9 Å². The number of hydrogen-bond acceptors (Lipinski definition) is 5. The van der Waals surface area contributed by atoms with Crippen LogP contribution in [0.1, 0.15) is 31.2 Å². The summed E-state index contributed by atoms with van der Waals surface area (Å²) in [5.74, 6) is -0.543. The number of benzene rings is 1. The van der Waals surface area contributed by atoms with Crippen LogP contribution < -0.4 is 10.1 Å². The minimum absolute atomic E-state index is 0.0520. The summed E-state index contributed by atoms with van der Waals surface area (Å²) in [6, 6.07) is 5.83. The van der Waals surface area contributed by atoms with Crippen molar-refractivity contribution in [3.05, 3.63) is 36.0 Å². The van der Waals surface area contributed by atoms with E-state index in [1.165, 1.54) is 24.3 Å². The number of aromatic nitrogens is 2. The molecule has 0 amide bonds. The Morgan fingerprint density at radius 1 is 1.19 bits per heavy atom. The Morgan fingerprint density at radius 3 is 2.42 bits per heavy atom. The first-order valence-electron chi connectivity index (χ1n) is 7.92. The molecule has 1 aromatic heterocycles. The Hall–Kier alpha value is -2.20. The van der Waals surface area contributed by atoms with Crippen LogP contribution in [0.5, 0.6) is 5.88 Å². The van der Waals surface area contributed by atoms with Gasteiger partial charge in [-0.1, -0.05) is 0 Å². The highest BCUT2D eigenvalue weighted by molar-refractivity contribution is 7.79. The first kappa shape index (κ1) is 18.6. The summed E-state index contributed by atoms with van der Waals surface area (Å²) in [5, 5.41) is 2.76. The van der Waals surface area contributed by atoms with Gasteiger partial charge in [0.05, 0.1) is 4.90 Å². The minimum Gasteiger partial charge on any atom is -0.474 e. The monoisotopic (exact) mass is 387 g/mol. The van der Waals surface area contributed by atoms with Crippen LogP contribution in [0.2, 0.25) is 0 Å². The highest BCUT2D eigenvalue weighted by Gasteiger charge is 2.37. The lowest BCUT2D eigenvalue weighted by Crippen LogP contribution is -2.17. The predicted octanol–water partition coefficient (Wildman–Crippen LogP) is 4.14. The van der Waals surface area contributed by atoms with Crippen LogP contribution in [-0.2, 0) is 17.3 Å². The fourth-order valence-electron chi connectivity index (χ4n) is 2.66. The van der Waals surface area contributed by atoms with Crippen LogP contribution in [0, 0.1) is 0 Å². The van der Waals surface area contributed by atoms with E-state index in [4.69, 9.17) is 9.29 Å². The largest absolute Gasteiger partial charge is 0.474 e. The molecular weight excluding hydrogens is 371 g/mol. The third-order valence-electron chi connectivity index (χ3n) is 3.95. The van der Waals surface area contributed by atoms with Gasteiger partial charge in [0.2, 0.25) is 11.8 Å². The number of rotatable bonds is 5. The zero-order valence-electron chi connectivity index (χ0n) is 13.5. The van der Waals surface area contributed by atoms with Gasteiger partial charge in [-0.25, -0.2) is 9.19 Å². The molecule has 26 heavy (non-hydrogen) atoms.